The molecule has 4 nitrogen and oxygen atoms in total. The molecule has 3 rings (SSSR count). The zero-order chi connectivity index (χ0) is 15.0. The summed E-state index contributed by atoms with van der Waals surface area (Å²) in [7, 11) is 0. The van der Waals surface area contributed by atoms with Gasteiger partial charge >= 0.3 is 0 Å². The first-order chi connectivity index (χ1) is 10.1. The van der Waals surface area contributed by atoms with Gasteiger partial charge in [-0.1, -0.05) is 22.0 Å². The van der Waals surface area contributed by atoms with Crippen molar-refractivity contribution in [2.75, 3.05) is 0 Å². The number of aromatic nitrogens is 2. The summed E-state index contributed by atoms with van der Waals surface area (Å²) in [6.07, 6.45) is 3.02. The smallest absolute Gasteiger partial charge is 0.257 e. The Kier molecular flexibility index (Phi) is 3.61. The molecule has 2 heterocycles. The van der Waals surface area contributed by atoms with Crippen LogP contribution in [-0.4, -0.2) is 14.8 Å². The average molecular weight is 364 g/mol. The van der Waals surface area contributed by atoms with E-state index in [1.54, 1.807) is 22.9 Å². The van der Waals surface area contributed by atoms with E-state index in [0.717, 1.165) is 10.2 Å². The number of fused-ring (bicyclic) bond motifs is 1. The molecule has 0 aliphatic rings. The van der Waals surface area contributed by atoms with E-state index in [0.29, 0.717) is 11.0 Å². The van der Waals surface area contributed by atoms with Crippen molar-refractivity contribution in [3.05, 3.63) is 69.1 Å². The molecule has 21 heavy (non-hydrogen) atoms. The zero-order valence-electron chi connectivity index (χ0n) is 10.6. The third-order valence-electron chi connectivity index (χ3n) is 3.06. The molecule has 0 saturated carbocycles. The molecule has 0 radical (unpaired) electrons. The zero-order valence-corrected chi connectivity index (χ0v) is 12.9. The Hall–Kier alpha value is -1.98. The van der Waals surface area contributed by atoms with Gasteiger partial charge in [-0.25, -0.2) is 4.98 Å². The number of rotatable bonds is 2. The second-order valence-electron chi connectivity index (χ2n) is 4.37. The Bertz CT molecular complexity index is 921. The third kappa shape index (κ3) is 2.50. The highest BCUT2D eigenvalue weighted by molar-refractivity contribution is 9.10. The van der Waals surface area contributed by atoms with E-state index in [1.807, 2.05) is 24.3 Å². The van der Waals surface area contributed by atoms with Gasteiger partial charge in [-0.15, -0.1) is 0 Å². The van der Waals surface area contributed by atoms with Gasteiger partial charge in [0.15, 0.2) is 0 Å². The molecule has 0 unspecified atom stereocenters. The molecule has 0 N–H and O–H groups in total. The molecule has 0 aliphatic carbocycles. The van der Waals surface area contributed by atoms with Crippen LogP contribution in [0.1, 0.15) is 10.4 Å². The minimum absolute atomic E-state index is 0.0721. The summed E-state index contributed by atoms with van der Waals surface area (Å²) in [5.74, 6) is 0. The van der Waals surface area contributed by atoms with Gasteiger partial charge < -0.3 is 4.57 Å². The Morgan fingerprint density at radius 1 is 1.24 bits per heavy atom. The van der Waals surface area contributed by atoms with Crippen LogP contribution < -0.4 is 5.43 Å². The van der Waals surface area contributed by atoms with E-state index in [9.17, 15) is 9.59 Å². The van der Waals surface area contributed by atoms with Crippen molar-refractivity contribution in [1.82, 2.24) is 9.55 Å². The fraction of sp³-hybridized carbons (Fsp3) is 0. The number of pyridine rings is 2. The van der Waals surface area contributed by atoms with E-state index in [4.69, 9.17) is 11.6 Å². The molecular weight excluding hydrogens is 356 g/mol. The minimum Gasteiger partial charge on any atom is -0.300 e. The van der Waals surface area contributed by atoms with Crippen molar-refractivity contribution in [3.8, 4) is 5.69 Å². The monoisotopic (exact) mass is 362 g/mol. The maximum Gasteiger partial charge on any atom is 0.257 e. The van der Waals surface area contributed by atoms with Crippen molar-refractivity contribution in [3.63, 3.8) is 0 Å². The van der Waals surface area contributed by atoms with Gasteiger partial charge in [-0.2, -0.15) is 0 Å². The van der Waals surface area contributed by atoms with Crippen molar-refractivity contribution in [1.29, 1.82) is 0 Å². The molecule has 0 fully saturated rings. The fourth-order valence-electron chi connectivity index (χ4n) is 2.12. The van der Waals surface area contributed by atoms with E-state index >= 15 is 0 Å². The molecule has 0 spiro atoms. The normalized spacial score (nSPS) is 10.8. The van der Waals surface area contributed by atoms with Crippen LogP contribution in [0.3, 0.4) is 0 Å². The van der Waals surface area contributed by atoms with Crippen LogP contribution in [0.15, 0.2) is 58.1 Å². The molecule has 104 valence electrons. The highest BCUT2D eigenvalue weighted by atomic mass is 79.9. The summed E-state index contributed by atoms with van der Waals surface area (Å²) in [5.41, 5.74) is 0.760. The lowest BCUT2D eigenvalue weighted by molar-refractivity contribution is 0.108. The Morgan fingerprint density at radius 2 is 2.05 bits per heavy atom. The van der Waals surface area contributed by atoms with Crippen molar-refractivity contribution in [2.45, 2.75) is 0 Å². The number of hydrogen-bond acceptors (Lipinski definition) is 3. The van der Waals surface area contributed by atoms with Gasteiger partial charge in [-0.3, -0.25) is 9.59 Å². The third-order valence-corrected chi connectivity index (χ3v) is 3.76. The van der Waals surface area contributed by atoms with E-state index in [1.165, 1.54) is 6.20 Å². The van der Waals surface area contributed by atoms with Gasteiger partial charge in [0, 0.05) is 22.6 Å². The van der Waals surface area contributed by atoms with Crippen LogP contribution in [0.5, 0.6) is 0 Å². The summed E-state index contributed by atoms with van der Waals surface area (Å²) in [5, 5.41) is -0.432. The lowest BCUT2D eigenvalue weighted by Crippen LogP contribution is -2.16. The van der Waals surface area contributed by atoms with E-state index in [2.05, 4.69) is 20.9 Å². The van der Waals surface area contributed by atoms with Crippen LogP contribution in [0, 0.1) is 0 Å². The van der Waals surface area contributed by atoms with Crippen molar-refractivity contribution < 1.29 is 4.79 Å². The van der Waals surface area contributed by atoms with Gasteiger partial charge in [0.1, 0.15) is 5.65 Å². The molecule has 3 aromatic rings. The van der Waals surface area contributed by atoms with Crippen LogP contribution in [0.25, 0.3) is 16.7 Å². The first-order valence-electron chi connectivity index (χ1n) is 6.04. The highest BCUT2D eigenvalue weighted by Gasteiger charge is 2.15. The van der Waals surface area contributed by atoms with Crippen molar-refractivity contribution >= 4 is 43.8 Å². The van der Waals surface area contributed by atoms with Gasteiger partial charge in [0.05, 0.1) is 10.9 Å². The van der Waals surface area contributed by atoms with Gasteiger partial charge in [-0.05, 0) is 41.9 Å². The van der Waals surface area contributed by atoms with Crippen molar-refractivity contribution in [2.24, 2.45) is 0 Å². The maximum atomic E-state index is 12.3. The summed E-state index contributed by atoms with van der Waals surface area (Å²) in [6, 6.07) is 10.7. The van der Waals surface area contributed by atoms with Crippen LogP contribution in [-0.2, 0) is 0 Å². The van der Waals surface area contributed by atoms with Crippen LogP contribution in [0.4, 0.5) is 0 Å². The van der Waals surface area contributed by atoms with E-state index in [-0.39, 0.29) is 5.56 Å². The minimum atomic E-state index is -0.783. The Labute approximate surface area is 133 Å². The lowest BCUT2D eigenvalue weighted by atomic mass is 10.2. The second-order valence-corrected chi connectivity index (χ2v) is 5.63. The van der Waals surface area contributed by atoms with Crippen LogP contribution in [0.2, 0.25) is 0 Å². The SMILES string of the molecule is O=C(Cl)c1cn(-c2cccc(Br)c2)c2ncccc2c1=O. The fourth-order valence-corrected chi connectivity index (χ4v) is 2.64. The first kappa shape index (κ1) is 14.0. The molecule has 6 heteroatoms. The lowest BCUT2D eigenvalue weighted by Gasteiger charge is -2.11. The molecule has 1 aromatic carbocycles. The van der Waals surface area contributed by atoms with Crippen LogP contribution >= 0.6 is 27.5 Å². The number of carbonyl (C=O) groups excluding carboxylic acids is 1. The van der Waals surface area contributed by atoms with Gasteiger partial charge in [0.2, 0.25) is 5.43 Å². The number of halogens is 2. The number of benzene rings is 1. The molecule has 0 saturated heterocycles. The maximum absolute atomic E-state index is 12.3. The summed E-state index contributed by atoms with van der Waals surface area (Å²) >= 11 is 8.91. The molecule has 0 atom stereocenters. The molecule has 0 amide bonds. The first-order valence-corrected chi connectivity index (χ1v) is 7.21. The quantitative estimate of drug-likeness (QED) is 0.655. The van der Waals surface area contributed by atoms with E-state index < -0.39 is 10.7 Å². The molecule has 0 bridgehead atoms. The largest absolute Gasteiger partial charge is 0.300 e. The standard InChI is InChI=1S/C15H8BrClN2O2/c16-9-3-1-4-10(7-9)19-8-12(14(17)21)13(20)11-5-2-6-18-15(11)19/h1-8H. The summed E-state index contributed by atoms with van der Waals surface area (Å²) in [6.45, 7) is 0. The predicted octanol–water partition coefficient (Wildman–Crippen LogP) is 3.53. The molecular formula is C15H8BrClN2O2. The topological polar surface area (TPSA) is 52.0 Å². The molecule has 2 aromatic heterocycles. The summed E-state index contributed by atoms with van der Waals surface area (Å²) in [4.78, 5) is 28.0. The number of hydrogen-bond donors (Lipinski definition) is 0. The molecule has 0 aliphatic heterocycles. The Morgan fingerprint density at radius 3 is 2.76 bits per heavy atom. The highest BCUT2D eigenvalue weighted by Crippen LogP contribution is 2.19. The number of carbonyl (C=O) groups is 1. The number of nitrogens with zero attached hydrogens (tertiary/aromatic N) is 2. The average Bonchev–Trinajstić information content (AvgIpc) is 2.47. The predicted molar refractivity (Wildman–Crippen MR) is 85.2 cm³/mol. The van der Waals surface area contributed by atoms with Gasteiger partial charge in [0.25, 0.3) is 5.24 Å². The summed E-state index contributed by atoms with van der Waals surface area (Å²) < 4.78 is 2.55. The Balaban J connectivity index is 2.44. The second kappa shape index (κ2) is 5.42.